The number of anilines is 2. The summed E-state index contributed by atoms with van der Waals surface area (Å²) in [5.41, 5.74) is 2.46. The molecule has 1 aliphatic heterocycles. The fourth-order valence-corrected chi connectivity index (χ4v) is 3.85. The van der Waals surface area contributed by atoms with Gasteiger partial charge in [0.1, 0.15) is 5.82 Å². The van der Waals surface area contributed by atoms with Crippen LogP contribution < -0.4 is 10.2 Å². The molecule has 5 nitrogen and oxygen atoms in total. The van der Waals surface area contributed by atoms with E-state index in [1.165, 1.54) is 6.07 Å². The third-order valence-corrected chi connectivity index (χ3v) is 5.67. The Hall–Kier alpha value is -3.51. The summed E-state index contributed by atoms with van der Waals surface area (Å²) >= 11 is 0. The van der Waals surface area contributed by atoms with Gasteiger partial charge in [-0.15, -0.1) is 0 Å². The summed E-state index contributed by atoms with van der Waals surface area (Å²) in [6.07, 6.45) is 0. The number of carbonyl (C=O) groups excluding carboxylic acids is 2. The van der Waals surface area contributed by atoms with Gasteiger partial charge in [-0.1, -0.05) is 60.7 Å². The number of rotatable bonds is 8. The summed E-state index contributed by atoms with van der Waals surface area (Å²) in [7, 11) is 0. The first-order chi connectivity index (χ1) is 15.6. The molecule has 0 spiro atoms. The average Bonchev–Trinajstić information content (AvgIpc) is 2.84. The van der Waals surface area contributed by atoms with Crippen LogP contribution in [-0.4, -0.2) is 55.7 Å². The van der Waals surface area contributed by atoms with Crippen LogP contribution in [0, 0.1) is 5.82 Å². The summed E-state index contributed by atoms with van der Waals surface area (Å²) in [6.45, 7) is 3.18. The van der Waals surface area contributed by atoms with Gasteiger partial charge in [0.2, 0.25) is 0 Å². The van der Waals surface area contributed by atoms with Crippen molar-refractivity contribution in [2.24, 2.45) is 0 Å². The molecule has 1 heterocycles. The Morgan fingerprint density at radius 3 is 1.97 bits per heavy atom. The summed E-state index contributed by atoms with van der Waals surface area (Å²) in [4.78, 5) is 28.7. The highest BCUT2D eigenvalue weighted by Gasteiger charge is 2.21. The maximum absolute atomic E-state index is 14.8. The molecule has 1 N–H and O–H groups in total. The van der Waals surface area contributed by atoms with E-state index in [-0.39, 0.29) is 23.9 Å². The lowest BCUT2D eigenvalue weighted by molar-refractivity contribution is 0.0925. The molecule has 0 amide bonds. The van der Waals surface area contributed by atoms with Crippen LogP contribution in [0.3, 0.4) is 0 Å². The summed E-state index contributed by atoms with van der Waals surface area (Å²) in [5.74, 6) is -0.266. The highest BCUT2D eigenvalue weighted by molar-refractivity contribution is 5.99. The topological polar surface area (TPSA) is 52.7 Å². The highest BCUT2D eigenvalue weighted by Crippen LogP contribution is 2.24. The smallest absolute Gasteiger partial charge is 0.181 e. The van der Waals surface area contributed by atoms with Gasteiger partial charge in [-0.3, -0.25) is 14.5 Å². The number of hydrogen-bond donors (Lipinski definition) is 1. The van der Waals surface area contributed by atoms with E-state index >= 15 is 0 Å². The normalized spacial score (nSPS) is 14.2. The van der Waals surface area contributed by atoms with Gasteiger partial charge in [0.05, 0.1) is 18.8 Å². The third-order valence-electron chi connectivity index (χ3n) is 5.67. The van der Waals surface area contributed by atoms with E-state index in [1.54, 1.807) is 24.3 Å². The molecular weight excluding hydrogens is 405 g/mol. The van der Waals surface area contributed by atoms with Gasteiger partial charge in [-0.05, 0) is 18.2 Å². The molecule has 0 bridgehead atoms. The number of benzene rings is 3. The number of halogens is 1. The number of nitrogens with one attached hydrogen (secondary N) is 1. The molecule has 0 aromatic heterocycles. The van der Waals surface area contributed by atoms with E-state index in [0.29, 0.717) is 49.7 Å². The summed E-state index contributed by atoms with van der Waals surface area (Å²) < 4.78 is 14.8. The zero-order valence-corrected chi connectivity index (χ0v) is 17.8. The Kier molecular flexibility index (Phi) is 6.92. The largest absolute Gasteiger partial charge is 0.377 e. The van der Waals surface area contributed by atoms with Crippen molar-refractivity contribution in [2.45, 2.75) is 0 Å². The minimum atomic E-state index is -0.323. The van der Waals surface area contributed by atoms with Gasteiger partial charge in [-0.2, -0.15) is 0 Å². The lowest BCUT2D eigenvalue weighted by atomic mass is 10.1. The molecule has 1 saturated heterocycles. The van der Waals surface area contributed by atoms with Crippen LogP contribution in [0.2, 0.25) is 0 Å². The van der Waals surface area contributed by atoms with Crippen LogP contribution in [0.1, 0.15) is 20.7 Å². The van der Waals surface area contributed by atoms with Gasteiger partial charge in [0, 0.05) is 43.0 Å². The predicted octanol–water partition coefficient (Wildman–Crippen LogP) is 4.13. The zero-order chi connectivity index (χ0) is 22.3. The molecular formula is C26H26FN3O2. The molecule has 1 fully saturated rings. The quantitative estimate of drug-likeness (QED) is 0.544. The van der Waals surface area contributed by atoms with Crippen molar-refractivity contribution in [2.75, 3.05) is 49.5 Å². The molecule has 32 heavy (non-hydrogen) atoms. The Labute approximate surface area is 187 Å². The molecule has 0 unspecified atom stereocenters. The average molecular weight is 432 g/mol. The zero-order valence-electron chi connectivity index (χ0n) is 17.8. The van der Waals surface area contributed by atoms with Crippen LogP contribution in [0.4, 0.5) is 15.8 Å². The van der Waals surface area contributed by atoms with Crippen molar-refractivity contribution in [3.63, 3.8) is 0 Å². The Bertz CT molecular complexity index is 1060. The molecule has 0 atom stereocenters. The Morgan fingerprint density at radius 2 is 1.38 bits per heavy atom. The molecule has 4 rings (SSSR count). The fourth-order valence-electron chi connectivity index (χ4n) is 3.85. The molecule has 3 aromatic rings. The summed E-state index contributed by atoms with van der Waals surface area (Å²) in [6, 6.07) is 23.3. The van der Waals surface area contributed by atoms with Crippen LogP contribution in [0.15, 0.2) is 78.9 Å². The maximum atomic E-state index is 14.8. The molecule has 0 saturated carbocycles. The molecule has 0 aliphatic carbocycles. The van der Waals surface area contributed by atoms with E-state index in [2.05, 4.69) is 10.2 Å². The van der Waals surface area contributed by atoms with Gasteiger partial charge < -0.3 is 10.2 Å². The second-order valence-electron chi connectivity index (χ2n) is 7.86. The molecule has 164 valence electrons. The van der Waals surface area contributed by atoms with E-state index in [1.807, 2.05) is 53.4 Å². The molecule has 6 heteroatoms. The van der Waals surface area contributed by atoms with Crippen molar-refractivity contribution in [3.05, 3.63) is 95.8 Å². The minimum absolute atomic E-state index is 0.0451. The number of ketones is 2. The minimum Gasteiger partial charge on any atom is -0.377 e. The van der Waals surface area contributed by atoms with Gasteiger partial charge in [0.25, 0.3) is 0 Å². The first-order valence-corrected chi connectivity index (χ1v) is 10.8. The SMILES string of the molecule is O=C(CNc1ccc(N2CCN(CC(=O)c3ccccc3)CC2)c(F)c1)c1ccccc1. The molecule has 0 radical (unpaired) electrons. The second kappa shape index (κ2) is 10.2. The van der Waals surface area contributed by atoms with Crippen LogP contribution in [0.25, 0.3) is 0 Å². The van der Waals surface area contributed by atoms with Crippen LogP contribution in [0.5, 0.6) is 0 Å². The monoisotopic (exact) mass is 431 g/mol. The lowest BCUT2D eigenvalue weighted by Crippen LogP contribution is -2.48. The van der Waals surface area contributed by atoms with Crippen molar-refractivity contribution >= 4 is 22.9 Å². The fraction of sp³-hybridized carbons (Fsp3) is 0.231. The van der Waals surface area contributed by atoms with E-state index < -0.39 is 0 Å². The summed E-state index contributed by atoms with van der Waals surface area (Å²) in [5, 5.41) is 3.00. The standard InChI is InChI=1S/C26H26FN3O2/c27-23-17-22(28-18-25(31)20-7-3-1-4-8-20)11-12-24(23)30-15-13-29(14-16-30)19-26(32)21-9-5-2-6-10-21/h1-12,17,28H,13-16,18-19H2. The third kappa shape index (κ3) is 5.39. The maximum Gasteiger partial charge on any atom is 0.181 e. The first-order valence-electron chi connectivity index (χ1n) is 10.8. The number of nitrogens with zero attached hydrogens (tertiary/aromatic N) is 2. The van der Waals surface area contributed by atoms with E-state index in [9.17, 15) is 14.0 Å². The molecule has 1 aliphatic rings. The lowest BCUT2D eigenvalue weighted by Gasteiger charge is -2.36. The number of piperazine rings is 1. The second-order valence-corrected chi connectivity index (χ2v) is 7.86. The number of carbonyl (C=O) groups is 2. The van der Waals surface area contributed by atoms with Crippen LogP contribution >= 0.6 is 0 Å². The van der Waals surface area contributed by atoms with Crippen molar-refractivity contribution in [3.8, 4) is 0 Å². The first kappa shape index (κ1) is 21.7. The Morgan fingerprint density at radius 1 is 0.781 bits per heavy atom. The van der Waals surface area contributed by atoms with Crippen molar-refractivity contribution in [1.29, 1.82) is 0 Å². The van der Waals surface area contributed by atoms with Gasteiger partial charge in [0.15, 0.2) is 11.6 Å². The highest BCUT2D eigenvalue weighted by atomic mass is 19.1. The van der Waals surface area contributed by atoms with E-state index in [0.717, 1.165) is 5.56 Å². The Balaban J connectivity index is 1.29. The molecule has 3 aromatic carbocycles. The van der Waals surface area contributed by atoms with E-state index in [4.69, 9.17) is 0 Å². The van der Waals surface area contributed by atoms with Crippen molar-refractivity contribution in [1.82, 2.24) is 4.90 Å². The van der Waals surface area contributed by atoms with Gasteiger partial charge >= 0.3 is 0 Å². The van der Waals surface area contributed by atoms with Crippen LogP contribution in [-0.2, 0) is 0 Å². The number of Topliss-reactive ketones (excluding diaryl/α,β-unsaturated/α-hetero) is 2. The predicted molar refractivity (Wildman–Crippen MR) is 125 cm³/mol. The number of hydrogen-bond acceptors (Lipinski definition) is 5. The van der Waals surface area contributed by atoms with Crippen molar-refractivity contribution < 1.29 is 14.0 Å². The van der Waals surface area contributed by atoms with Gasteiger partial charge in [-0.25, -0.2) is 4.39 Å².